The quantitative estimate of drug-likeness (QED) is 0.137. The van der Waals surface area contributed by atoms with E-state index in [1.807, 2.05) is 13.0 Å². The minimum Gasteiger partial charge on any atom is -0.457 e. The lowest BCUT2D eigenvalue weighted by Crippen LogP contribution is -2.60. The number of carbonyl (C=O) groups is 1. The molecule has 4 rings (SSSR count). The number of ether oxygens (including phenoxy) is 5. The molecule has 0 radical (unpaired) electrons. The number of hydrogen-bond donors (Lipinski definition) is 7. The number of aliphatic hydroxyl groups is 7. The second kappa shape index (κ2) is 12.2. The van der Waals surface area contributed by atoms with E-state index in [2.05, 4.69) is 0 Å². The highest BCUT2D eigenvalue weighted by molar-refractivity contribution is 5.75. The topological polar surface area (TPSA) is 205 Å². The van der Waals surface area contributed by atoms with Crippen molar-refractivity contribution in [2.75, 3.05) is 19.8 Å². The molecule has 3 aliphatic heterocycles. The average Bonchev–Trinajstić information content (AvgIpc) is 3.35. The van der Waals surface area contributed by atoms with Gasteiger partial charge >= 0.3 is 5.97 Å². The first-order chi connectivity index (χ1) is 18.4. The minimum absolute atomic E-state index is 0.315. The molecule has 3 fully saturated rings. The monoisotopic (exact) mass is 560 g/mol. The van der Waals surface area contributed by atoms with Gasteiger partial charge in [0.1, 0.15) is 42.2 Å². The molecule has 0 amide bonds. The molecule has 0 bridgehead atoms. The summed E-state index contributed by atoms with van der Waals surface area (Å²) in [6.07, 6.45) is -8.36. The van der Waals surface area contributed by atoms with E-state index >= 15 is 0 Å². The predicted octanol–water partition coefficient (Wildman–Crippen LogP) is -2.14. The Labute approximate surface area is 226 Å². The molecule has 0 spiro atoms. The summed E-state index contributed by atoms with van der Waals surface area (Å²) in [5, 5.41) is 71.9. The van der Waals surface area contributed by atoms with Crippen molar-refractivity contribution in [2.24, 2.45) is 11.8 Å². The predicted molar refractivity (Wildman–Crippen MR) is 131 cm³/mol. The van der Waals surface area contributed by atoms with E-state index < -0.39 is 98.0 Å². The lowest BCUT2D eigenvalue weighted by Gasteiger charge is -2.42. The second-order valence-corrected chi connectivity index (χ2v) is 11.1. The normalized spacial score (nSPS) is 49.9. The van der Waals surface area contributed by atoms with Gasteiger partial charge in [-0.05, 0) is 38.3 Å². The van der Waals surface area contributed by atoms with Crippen molar-refractivity contribution < 1.29 is 64.2 Å². The van der Waals surface area contributed by atoms with Gasteiger partial charge in [-0.1, -0.05) is 18.6 Å². The molecule has 0 aromatic carbocycles. The molecule has 3 heterocycles. The van der Waals surface area contributed by atoms with Crippen LogP contribution in [0.25, 0.3) is 0 Å². The Morgan fingerprint density at radius 1 is 1.08 bits per heavy atom. The highest BCUT2D eigenvalue weighted by atomic mass is 16.7. The molecule has 7 N–H and O–H groups in total. The molecule has 13 nitrogen and oxygen atoms in total. The Bertz CT molecular complexity index is 939. The van der Waals surface area contributed by atoms with E-state index in [0.717, 1.165) is 5.57 Å². The van der Waals surface area contributed by atoms with Crippen LogP contribution in [-0.4, -0.2) is 129 Å². The van der Waals surface area contributed by atoms with Crippen LogP contribution in [0.1, 0.15) is 33.6 Å². The molecule has 0 unspecified atom stereocenters. The Morgan fingerprint density at radius 3 is 2.46 bits per heavy atom. The molecule has 3 saturated heterocycles. The molecule has 0 aromatic rings. The Kier molecular flexibility index (Phi) is 9.51. The maximum Gasteiger partial charge on any atom is 0.309 e. The van der Waals surface area contributed by atoms with Crippen LogP contribution < -0.4 is 0 Å². The van der Waals surface area contributed by atoms with Gasteiger partial charge in [0.2, 0.25) is 0 Å². The summed E-state index contributed by atoms with van der Waals surface area (Å²) < 4.78 is 28.3. The zero-order valence-corrected chi connectivity index (χ0v) is 22.2. The summed E-state index contributed by atoms with van der Waals surface area (Å²) in [6.45, 7) is 3.77. The van der Waals surface area contributed by atoms with Gasteiger partial charge in [-0.3, -0.25) is 4.79 Å². The van der Waals surface area contributed by atoms with E-state index in [-0.39, 0.29) is 6.61 Å². The number of fused-ring (bicyclic) bond motifs is 1. The van der Waals surface area contributed by atoms with Crippen molar-refractivity contribution in [1.82, 2.24) is 0 Å². The first kappa shape index (κ1) is 30.5. The zero-order valence-electron chi connectivity index (χ0n) is 22.2. The van der Waals surface area contributed by atoms with Crippen molar-refractivity contribution in [2.45, 2.75) is 101 Å². The molecule has 1 aliphatic carbocycles. The van der Waals surface area contributed by atoms with E-state index in [9.17, 15) is 40.5 Å². The Balaban J connectivity index is 1.51. The smallest absolute Gasteiger partial charge is 0.309 e. The van der Waals surface area contributed by atoms with Crippen LogP contribution in [0.2, 0.25) is 0 Å². The van der Waals surface area contributed by atoms with Crippen LogP contribution in [0.15, 0.2) is 23.3 Å². The first-order valence-corrected chi connectivity index (χ1v) is 13.2. The molecule has 13 atom stereocenters. The third-order valence-corrected chi connectivity index (χ3v) is 8.16. The van der Waals surface area contributed by atoms with Gasteiger partial charge in [0.25, 0.3) is 0 Å². The van der Waals surface area contributed by atoms with Gasteiger partial charge in [-0.25, -0.2) is 0 Å². The summed E-state index contributed by atoms with van der Waals surface area (Å²) in [4.78, 5) is 12.5. The lowest BCUT2D eigenvalue weighted by molar-refractivity contribution is -0.322. The Morgan fingerprint density at radius 2 is 1.79 bits per heavy atom. The van der Waals surface area contributed by atoms with E-state index in [1.54, 1.807) is 19.9 Å². The lowest BCUT2D eigenvalue weighted by atomic mass is 9.82. The van der Waals surface area contributed by atoms with Gasteiger partial charge in [0, 0.05) is 5.92 Å². The van der Waals surface area contributed by atoms with Crippen LogP contribution in [0.3, 0.4) is 0 Å². The van der Waals surface area contributed by atoms with Crippen LogP contribution in [0, 0.1) is 11.8 Å². The summed E-state index contributed by atoms with van der Waals surface area (Å²) in [6, 6.07) is 0. The van der Waals surface area contributed by atoms with Crippen molar-refractivity contribution in [3.05, 3.63) is 23.3 Å². The van der Waals surface area contributed by atoms with E-state index in [4.69, 9.17) is 23.7 Å². The van der Waals surface area contributed by atoms with Gasteiger partial charge in [-0.15, -0.1) is 0 Å². The number of aliphatic hydroxyl groups excluding tert-OH is 6. The number of carbonyl (C=O) groups excluding carboxylic acids is 1. The standard InChI is InChI=1S/C26H40O13/c1-11-4-5-14(28)12(2)7-16-18(13(3)23(33)37-16)15(6-11)38-24-21(31)20(30)19(29)17(39-24)8-35-25-22(32)26(34,9-27)10-36-25/h4,7,13-22,24-25,27-32,34H,5-6,8-10H2,1-3H3/b11-4-,12-7-/t13-,14-,15-,16+,17-,18+,19-,20+,21-,22+,24-,25-,26-/m0/s1. The third kappa shape index (κ3) is 6.23. The summed E-state index contributed by atoms with van der Waals surface area (Å²) in [5.41, 5.74) is -0.393. The van der Waals surface area contributed by atoms with Crippen molar-refractivity contribution in [1.29, 1.82) is 0 Å². The third-order valence-electron chi connectivity index (χ3n) is 8.16. The van der Waals surface area contributed by atoms with Crippen molar-refractivity contribution in [3.8, 4) is 0 Å². The SMILES string of the molecule is C/C1=C/C[C@H](O)/C(C)=C\[C@H]2OC(=O)[C@@H](C)[C@@H]2[C@@H](O[C@H]2O[C@@H](CO[C@H]3OC[C@@](O)(CO)[C@@H]3O)[C@H](O)[C@@H](O)[C@@H]2O)C1. The van der Waals surface area contributed by atoms with Crippen molar-refractivity contribution in [3.63, 3.8) is 0 Å². The van der Waals surface area contributed by atoms with Crippen LogP contribution in [0.5, 0.6) is 0 Å². The molecule has 13 heteroatoms. The van der Waals surface area contributed by atoms with Crippen molar-refractivity contribution >= 4 is 5.97 Å². The van der Waals surface area contributed by atoms with E-state index in [1.165, 1.54) is 0 Å². The number of rotatable bonds is 6. The fourth-order valence-corrected chi connectivity index (χ4v) is 5.45. The minimum atomic E-state index is -1.91. The maximum atomic E-state index is 12.5. The van der Waals surface area contributed by atoms with Gasteiger partial charge in [-0.2, -0.15) is 0 Å². The van der Waals surface area contributed by atoms with Crippen LogP contribution in [0.4, 0.5) is 0 Å². The van der Waals surface area contributed by atoms with Crippen LogP contribution in [-0.2, 0) is 28.5 Å². The molecule has 222 valence electrons. The van der Waals surface area contributed by atoms with E-state index in [0.29, 0.717) is 18.4 Å². The van der Waals surface area contributed by atoms with Gasteiger partial charge < -0.3 is 59.4 Å². The van der Waals surface area contributed by atoms with Gasteiger partial charge in [0.05, 0.1) is 37.9 Å². The number of esters is 1. The largest absolute Gasteiger partial charge is 0.457 e. The summed E-state index contributed by atoms with van der Waals surface area (Å²) in [5.74, 6) is -1.51. The molecular formula is C26H40O13. The summed E-state index contributed by atoms with van der Waals surface area (Å²) in [7, 11) is 0. The molecule has 4 aliphatic rings. The van der Waals surface area contributed by atoms with Crippen LogP contribution >= 0.6 is 0 Å². The molecule has 0 saturated carbocycles. The fraction of sp³-hybridized carbons (Fsp3) is 0.808. The maximum absolute atomic E-state index is 12.5. The van der Waals surface area contributed by atoms with Gasteiger partial charge in [0.15, 0.2) is 12.6 Å². The fourth-order valence-electron chi connectivity index (χ4n) is 5.45. The number of hydrogen-bond acceptors (Lipinski definition) is 13. The molecule has 0 aromatic heterocycles. The summed E-state index contributed by atoms with van der Waals surface area (Å²) >= 11 is 0. The second-order valence-electron chi connectivity index (χ2n) is 11.1. The average molecular weight is 561 g/mol. The Hall–Kier alpha value is -1.49. The highest BCUT2D eigenvalue weighted by Gasteiger charge is 2.52. The molecule has 39 heavy (non-hydrogen) atoms. The first-order valence-electron chi connectivity index (χ1n) is 13.2. The molecular weight excluding hydrogens is 520 g/mol. The highest BCUT2D eigenvalue weighted by Crippen LogP contribution is 2.39. The zero-order chi connectivity index (χ0) is 28.6.